The summed E-state index contributed by atoms with van der Waals surface area (Å²) < 4.78 is 28.0. The number of nitrogens with one attached hydrogen (secondary N) is 1. The molecule has 0 saturated heterocycles. The number of halogens is 4. The summed E-state index contributed by atoms with van der Waals surface area (Å²) in [6.45, 7) is 1.51. The van der Waals surface area contributed by atoms with Crippen LogP contribution >= 0.6 is 27.5 Å². The van der Waals surface area contributed by atoms with E-state index in [0.717, 1.165) is 12.1 Å². The first-order valence-corrected chi connectivity index (χ1v) is 7.27. The van der Waals surface area contributed by atoms with E-state index in [2.05, 4.69) is 21.2 Å². The van der Waals surface area contributed by atoms with Gasteiger partial charge in [0, 0.05) is 15.6 Å². The lowest BCUT2D eigenvalue weighted by Gasteiger charge is -2.16. The van der Waals surface area contributed by atoms with Crippen LogP contribution in [0.5, 0.6) is 0 Å². The van der Waals surface area contributed by atoms with Crippen molar-refractivity contribution in [3.05, 3.63) is 68.7 Å². The van der Waals surface area contributed by atoms with E-state index >= 15 is 0 Å². The van der Waals surface area contributed by atoms with Gasteiger partial charge in [-0.2, -0.15) is 0 Å². The van der Waals surface area contributed by atoms with Gasteiger partial charge in [0.05, 0.1) is 11.1 Å². The molecule has 21 heavy (non-hydrogen) atoms. The van der Waals surface area contributed by atoms with Crippen molar-refractivity contribution in [2.45, 2.75) is 13.0 Å². The summed E-state index contributed by atoms with van der Waals surface area (Å²) in [4.78, 5) is 12.1. The summed E-state index contributed by atoms with van der Waals surface area (Å²) >= 11 is 9.14. The fourth-order valence-corrected chi connectivity index (χ4v) is 2.34. The molecule has 0 spiro atoms. The van der Waals surface area contributed by atoms with Crippen molar-refractivity contribution in [3.8, 4) is 0 Å². The molecule has 0 fully saturated rings. The molecule has 110 valence electrons. The second-order valence-corrected chi connectivity index (χ2v) is 5.72. The van der Waals surface area contributed by atoms with Crippen molar-refractivity contribution in [1.29, 1.82) is 0 Å². The van der Waals surface area contributed by atoms with E-state index in [-0.39, 0.29) is 5.56 Å². The van der Waals surface area contributed by atoms with Gasteiger partial charge in [0.1, 0.15) is 11.6 Å². The van der Waals surface area contributed by atoms with Crippen LogP contribution in [0, 0.1) is 11.6 Å². The van der Waals surface area contributed by atoms with Gasteiger partial charge in [-0.3, -0.25) is 4.79 Å². The summed E-state index contributed by atoms with van der Waals surface area (Å²) in [5, 5.41) is 2.93. The minimum atomic E-state index is -0.805. The lowest BCUT2D eigenvalue weighted by atomic mass is 10.1. The third-order valence-corrected chi connectivity index (χ3v) is 4.19. The average Bonchev–Trinajstić information content (AvgIpc) is 2.41. The summed E-state index contributed by atoms with van der Waals surface area (Å²) in [6, 6.07) is 7.44. The molecule has 0 aromatic heterocycles. The lowest BCUT2D eigenvalue weighted by molar-refractivity contribution is 0.0939. The van der Waals surface area contributed by atoms with E-state index in [9.17, 15) is 13.6 Å². The number of carbonyl (C=O) groups excluding carboxylic acids is 1. The Labute approximate surface area is 134 Å². The first kappa shape index (κ1) is 15.9. The number of carbonyl (C=O) groups is 1. The summed E-state index contributed by atoms with van der Waals surface area (Å²) in [7, 11) is 0. The van der Waals surface area contributed by atoms with Gasteiger partial charge in [0.25, 0.3) is 5.91 Å². The molecule has 1 N–H and O–H groups in total. The second-order valence-electron chi connectivity index (χ2n) is 4.46. The minimum Gasteiger partial charge on any atom is -0.345 e. The number of benzene rings is 2. The van der Waals surface area contributed by atoms with Crippen LogP contribution in [0.3, 0.4) is 0 Å². The molecule has 0 aliphatic heterocycles. The van der Waals surface area contributed by atoms with Crippen LogP contribution in [-0.4, -0.2) is 5.91 Å². The quantitative estimate of drug-likeness (QED) is 0.816. The Hall–Kier alpha value is -1.46. The SMILES string of the molecule is CC(NC(=O)c1ccc(Br)c(Cl)c1)c1c(F)cccc1F. The Kier molecular flexibility index (Phi) is 4.96. The molecule has 1 amide bonds. The molecule has 2 aromatic rings. The molecule has 2 aromatic carbocycles. The van der Waals surface area contributed by atoms with Crippen LogP contribution in [0.25, 0.3) is 0 Å². The van der Waals surface area contributed by atoms with E-state index in [1.807, 2.05) is 0 Å². The molecule has 2 nitrogen and oxygen atoms in total. The molecule has 6 heteroatoms. The van der Waals surface area contributed by atoms with Crippen LogP contribution in [0.1, 0.15) is 28.9 Å². The molecule has 1 unspecified atom stereocenters. The smallest absolute Gasteiger partial charge is 0.251 e. The Morgan fingerprint density at radius 2 is 1.86 bits per heavy atom. The van der Waals surface area contributed by atoms with E-state index in [1.54, 1.807) is 12.1 Å². The number of amides is 1. The Bertz CT molecular complexity index is 673. The van der Waals surface area contributed by atoms with Gasteiger partial charge in [0.2, 0.25) is 0 Å². The van der Waals surface area contributed by atoms with Gasteiger partial charge in [-0.1, -0.05) is 17.7 Å². The predicted octanol–water partition coefficient (Wildman–Crippen LogP) is 4.87. The first-order chi connectivity index (χ1) is 9.90. The third kappa shape index (κ3) is 3.60. The molecular formula is C15H11BrClF2NO. The number of hydrogen-bond acceptors (Lipinski definition) is 1. The molecule has 0 aliphatic carbocycles. The summed E-state index contributed by atoms with van der Waals surface area (Å²) in [6.07, 6.45) is 0. The van der Waals surface area contributed by atoms with E-state index in [1.165, 1.54) is 19.1 Å². The van der Waals surface area contributed by atoms with Gasteiger partial charge >= 0.3 is 0 Å². The van der Waals surface area contributed by atoms with Gasteiger partial charge in [-0.15, -0.1) is 0 Å². The topological polar surface area (TPSA) is 29.1 Å². The average molecular weight is 375 g/mol. The summed E-state index contributed by atoms with van der Waals surface area (Å²) in [5.74, 6) is -1.85. The normalized spacial score (nSPS) is 12.0. The van der Waals surface area contributed by atoms with Crippen LogP contribution in [0.15, 0.2) is 40.9 Å². The maximum atomic E-state index is 13.7. The van der Waals surface area contributed by atoms with Crippen molar-refractivity contribution in [2.24, 2.45) is 0 Å². The highest BCUT2D eigenvalue weighted by Gasteiger charge is 2.18. The Morgan fingerprint density at radius 1 is 1.24 bits per heavy atom. The highest BCUT2D eigenvalue weighted by Crippen LogP contribution is 2.24. The fourth-order valence-electron chi connectivity index (χ4n) is 1.91. The molecule has 0 saturated carbocycles. The van der Waals surface area contributed by atoms with E-state index in [0.29, 0.717) is 15.1 Å². The Balaban J connectivity index is 2.21. The molecular weight excluding hydrogens is 364 g/mol. The number of hydrogen-bond donors (Lipinski definition) is 1. The van der Waals surface area contributed by atoms with Gasteiger partial charge in [-0.05, 0) is 53.2 Å². The Morgan fingerprint density at radius 3 is 2.43 bits per heavy atom. The molecule has 0 aliphatic rings. The maximum Gasteiger partial charge on any atom is 0.251 e. The zero-order valence-electron chi connectivity index (χ0n) is 11.0. The maximum absolute atomic E-state index is 13.7. The minimum absolute atomic E-state index is 0.172. The zero-order chi connectivity index (χ0) is 15.6. The lowest BCUT2D eigenvalue weighted by Crippen LogP contribution is -2.28. The molecule has 0 heterocycles. The highest BCUT2D eigenvalue weighted by atomic mass is 79.9. The highest BCUT2D eigenvalue weighted by molar-refractivity contribution is 9.10. The largest absolute Gasteiger partial charge is 0.345 e. The van der Waals surface area contributed by atoms with Crippen molar-refractivity contribution in [2.75, 3.05) is 0 Å². The molecule has 0 radical (unpaired) electrons. The van der Waals surface area contributed by atoms with Crippen LogP contribution < -0.4 is 5.32 Å². The monoisotopic (exact) mass is 373 g/mol. The van der Waals surface area contributed by atoms with Crippen LogP contribution in [-0.2, 0) is 0 Å². The van der Waals surface area contributed by atoms with E-state index < -0.39 is 23.6 Å². The fraction of sp³-hybridized carbons (Fsp3) is 0.133. The van der Waals surface area contributed by atoms with Crippen LogP contribution in [0.2, 0.25) is 5.02 Å². The first-order valence-electron chi connectivity index (χ1n) is 6.10. The summed E-state index contributed by atoms with van der Waals surface area (Å²) in [5.41, 5.74) is 0.140. The van der Waals surface area contributed by atoms with Crippen molar-refractivity contribution < 1.29 is 13.6 Å². The zero-order valence-corrected chi connectivity index (χ0v) is 13.3. The standard InChI is InChI=1S/C15H11BrClF2NO/c1-8(14-12(18)3-2-4-13(14)19)20-15(21)9-5-6-10(16)11(17)7-9/h2-8H,1H3,(H,20,21). The van der Waals surface area contributed by atoms with Gasteiger partial charge in [-0.25, -0.2) is 8.78 Å². The molecule has 2 rings (SSSR count). The predicted molar refractivity (Wildman–Crippen MR) is 81.4 cm³/mol. The van der Waals surface area contributed by atoms with Crippen molar-refractivity contribution in [1.82, 2.24) is 5.32 Å². The van der Waals surface area contributed by atoms with E-state index in [4.69, 9.17) is 11.6 Å². The van der Waals surface area contributed by atoms with Gasteiger partial charge in [0.15, 0.2) is 0 Å². The third-order valence-electron chi connectivity index (χ3n) is 2.96. The number of rotatable bonds is 3. The molecule has 0 bridgehead atoms. The molecule has 1 atom stereocenters. The van der Waals surface area contributed by atoms with Crippen molar-refractivity contribution in [3.63, 3.8) is 0 Å². The van der Waals surface area contributed by atoms with Gasteiger partial charge < -0.3 is 5.32 Å². The van der Waals surface area contributed by atoms with Crippen LogP contribution in [0.4, 0.5) is 8.78 Å². The second kappa shape index (κ2) is 6.54. The van der Waals surface area contributed by atoms with Crippen molar-refractivity contribution >= 4 is 33.4 Å².